The lowest BCUT2D eigenvalue weighted by atomic mass is 10.1. The van der Waals surface area contributed by atoms with Crippen molar-refractivity contribution in [2.75, 3.05) is 47.5 Å². The number of ether oxygens (including phenoxy) is 4. The van der Waals surface area contributed by atoms with Gasteiger partial charge in [0.1, 0.15) is 5.75 Å². The molecule has 2 aromatic carbocycles. The number of nitrogens with zero attached hydrogens (tertiary/aromatic N) is 2. The number of hydrogen-bond donors (Lipinski definition) is 0. The van der Waals surface area contributed by atoms with E-state index < -0.39 is 6.10 Å². The van der Waals surface area contributed by atoms with E-state index in [2.05, 4.69) is 4.90 Å². The molecule has 0 saturated carbocycles. The van der Waals surface area contributed by atoms with Crippen LogP contribution in [0.25, 0.3) is 0 Å². The number of halogens is 1. The van der Waals surface area contributed by atoms with Gasteiger partial charge in [-0.15, -0.1) is 0 Å². The summed E-state index contributed by atoms with van der Waals surface area (Å²) in [6, 6.07) is 11.0. The molecule has 1 saturated heterocycles. The molecular weight excluding hydrogens is 420 g/mol. The van der Waals surface area contributed by atoms with Crippen LogP contribution in [0, 0.1) is 0 Å². The van der Waals surface area contributed by atoms with Crippen molar-refractivity contribution >= 4 is 17.5 Å². The average Bonchev–Trinajstić information content (AvgIpc) is 2.80. The normalized spacial score (nSPS) is 15.3. The highest BCUT2D eigenvalue weighted by atomic mass is 35.5. The lowest BCUT2D eigenvalue weighted by molar-refractivity contribution is -0.139. The standard InChI is InChI=1S/C23H29ClN2O5/c1-16(31-19-8-6-5-7-18(19)24)23(27)26-13-11-25(12-14-26)15-17-9-10-20(28-2)22(30-4)21(17)29-3/h5-10,16H,11-15H2,1-4H3. The maximum absolute atomic E-state index is 12.8. The lowest BCUT2D eigenvalue weighted by Gasteiger charge is -2.36. The number of hydrogen-bond acceptors (Lipinski definition) is 6. The summed E-state index contributed by atoms with van der Waals surface area (Å²) in [7, 11) is 4.82. The highest BCUT2D eigenvalue weighted by Crippen LogP contribution is 2.40. The molecule has 168 valence electrons. The summed E-state index contributed by atoms with van der Waals surface area (Å²) >= 11 is 6.14. The van der Waals surface area contributed by atoms with E-state index in [1.807, 2.05) is 29.2 Å². The third kappa shape index (κ3) is 5.35. The van der Waals surface area contributed by atoms with Crippen LogP contribution in [-0.4, -0.2) is 69.3 Å². The van der Waals surface area contributed by atoms with Gasteiger partial charge in [-0.25, -0.2) is 0 Å². The minimum absolute atomic E-state index is 0.0386. The number of para-hydroxylation sites is 1. The van der Waals surface area contributed by atoms with Gasteiger partial charge in [-0.2, -0.15) is 0 Å². The molecule has 1 heterocycles. The topological polar surface area (TPSA) is 60.5 Å². The summed E-state index contributed by atoms with van der Waals surface area (Å²) in [6.07, 6.45) is -0.600. The second-order valence-corrected chi connectivity index (χ2v) is 7.69. The van der Waals surface area contributed by atoms with Crippen LogP contribution in [0.15, 0.2) is 36.4 Å². The van der Waals surface area contributed by atoms with E-state index in [-0.39, 0.29) is 5.91 Å². The first kappa shape index (κ1) is 23.0. The van der Waals surface area contributed by atoms with Gasteiger partial charge in [-0.1, -0.05) is 29.8 Å². The number of methoxy groups -OCH3 is 3. The van der Waals surface area contributed by atoms with Gasteiger partial charge in [0.05, 0.1) is 26.4 Å². The Balaban J connectivity index is 1.58. The van der Waals surface area contributed by atoms with E-state index in [1.165, 1.54) is 0 Å². The first-order chi connectivity index (χ1) is 15.0. The van der Waals surface area contributed by atoms with Gasteiger partial charge in [0.25, 0.3) is 5.91 Å². The van der Waals surface area contributed by atoms with Crippen LogP contribution in [0.5, 0.6) is 23.0 Å². The first-order valence-electron chi connectivity index (χ1n) is 10.2. The van der Waals surface area contributed by atoms with Crippen LogP contribution in [0.2, 0.25) is 5.02 Å². The molecule has 0 aromatic heterocycles. The predicted octanol–water partition coefficient (Wildman–Crippen LogP) is 3.48. The molecular formula is C23H29ClN2O5. The SMILES string of the molecule is COc1ccc(CN2CCN(C(=O)C(C)Oc3ccccc3Cl)CC2)c(OC)c1OC. The van der Waals surface area contributed by atoms with Gasteiger partial charge in [0, 0.05) is 38.3 Å². The fourth-order valence-electron chi connectivity index (χ4n) is 3.69. The second kappa shape index (κ2) is 10.6. The lowest BCUT2D eigenvalue weighted by Crippen LogP contribution is -2.51. The fourth-order valence-corrected chi connectivity index (χ4v) is 3.87. The number of benzene rings is 2. The van der Waals surface area contributed by atoms with Crippen LogP contribution < -0.4 is 18.9 Å². The van der Waals surface area contributed by atoms with E-state index in [0.29, 0.717) is 47.7 Å². The summed E-state index contributed by atoms with van der Waals surface area (Å²) in [4.78, 5) is 16.9. The Bertz CT molecular complexity index is 900. The van der Waals surface area contributed by atoms with E-state index in [1.54, 1.807) is 40.4 Å². The van der Waals surface area contributed by atoms with E-state index in [0.717, 1.165) is 18.7 Å². The molecule has 1 aliphatic heterocycles. The molecule has 1 atom stereocenters. The zero-order valence-electron chi connectivity index (χ0n) is 18.4. The summed E-state index contributed by atoms with van der Waals surface area (Å²) in [5.74, 6) is 2.36. The summed E-state index contributed by atoms with van der Waals surface area (Å²) in [6.45, 7) is 5.21. The number of carbonyl (C=O) groups excluding carboxylic acids is 1. The summed E-state index contributed by atoms with van der Waals surface area (Å²) in [5.41, 5.74) is 1.01. The smallest absolute Gasteiger partial charge is 0.263 e. The molecule has 0 N–H and O–H groups in total. The zero-order chi connectivity index (χ0) is 22.4. The zero-order valence-corrected chi connectivity index (χ0v) is 19.1. The Hall–Kier alpha value is -2.64. The minimum atomic E-state index is -0.600. The van der Waals surface area contributed by atoms with Crippen molar-refractivity contribution in [2.45, 2.75) is 19.6 Å². The van der Waals surface area contributed by atoms with Gasteiger partial charge in [0.15, 0.2) is 17.6 Å². The maximum atomic E-state index is 12.8. The number of rotatable bonds is 8. The summed E-state index contributed by atoms with van der Waals surface area (Å²) < 4.78 is 22.2. The molecule has 1 amide bonds. The molecule has 1 fully saturated rings. The monoisotopic (exact) mass is 448 g/mol. The molecule has 3 rings (SSSR count). The van der Waals surface area contributed by atoms with Crippen molar-refractivity contribution in [3.05, 3.63) is 47.0 Å². The van der Waals surface area contributed by atoms with Crippen molar-refractivity contribution in [1.29, 1.82) is 0 Å². The van der Waals surface area contributed by atoms with Gasteiger partial charge < -0.3 is 23.8 Å². The quantitative estimate of drug-likeness (QED) is 0.616. The summed E-state index contributed by atoms with van der Waals surface area (Å²) in [5, 5.41) is 0.496. The second-order valence-electron chi connectivity index (χ2n) is 7.29. The Morgan fingerprint density at radius 2 is 1.61 bits per heavy atom. The van der Waals surface area contributed by atoms with Crippen molar-refractivity contribution in [2.24, 2.45) is 0 Å². The highest BCUT2D eigenvalue weighted by Gasteiger charge is 2.27. The Kier molecular flexibility index (Phi) is 7.87. The first-order valence-corrected chi connectivity index (χ1v) is 10.6. The Morgan fingerprint density at radius 3 is 2.23 bits per heavy atom. The van der Waals surface area contributed by atoms with Gasteiger partial charge in [0.2, 0.25) is 5.75 Å². The van der Waals surface area contributed by atoms with E-state index in [9.17, 15) is 4.79 Å². The van der Waals surface area contributed by atoms with Crippen LogP contribution in [0.3, 0.4) is 0 Å². The van der Waals surface area contributed by atoms with Gasteiger partial charge in [-0.3, -0.25) is 9.69 Å². The Morgan fingerprint density at radius 1 is 0.935 bits per heavy atom. The van der Waals surface area contributed by atoms with Crippen LogP contribution in [0.1, 0.15) is 12.5 Å². The number of amides is 1. The molecule has 1 aliphatic rings. The van der Waals surface area contributed by atoms with Crippen molar-refractivity contribution < 1.29 is 23.7 Å². The molecule has 2 aromatic rings. The van der Waals surface area contributed by atoms with Crippen molar-refractivity contribution in [3.8, 4) is 23.0 Å². The van der Waals surface area contributed by atoms with Gasteiger partial charge >= 0.3 is 0 Å². The molecule has 0 spiro atoms. The van der Waals surface area contributed by atoms with Crippen LogP contribution in [0.4, 0.5) is 0 Å². The third-order valence-corrected chi connectivity index (χ3v) is 5.66. The molecule has 0 aliphatic carbocycles. The van der Waals surface area contributed by atoms with Gasteiger partial charge in [-0.05, 0) is 25.1 Å². The maximum Gasteiger partial charge on any atom is 0.263 e. The average molecular weight is 449 g/mol. The Labute approximate surface area is 188 Å². The molecule has 7 nitrogen and oxygen atoms in total. The molecule has 0 radical (unpaired) electrons. The molecule has 1 unspecified atom stereocenters. The number of carbonyl (C=O) groups is 1. The van der Waals surface area contributed by atoms with Crippen LogP contribution >= 0.6 is 11.6 Å². The van der Waals surface area contributed by atoms with E-state index in [4.69, 9.17) is 30.5 Å². The van der Waals surface area contributed by atoms with Crippen LogP contribution in [-0.2, 0) is 11.3 Å². The molecule has 0 bridgehead atoms. The van der Waals surface area contributed by atoms with E-state index >= 15 is 0 Å². The number of piperazine rings is 1. The minimum Gasteiger partial charge on any atom is -0.493 e. The van der Waals surface area contributed by atoms with Crippen molar-refractivity contribution in [3.63, 3.8) is 0 Å². The fraction of sp³-hybridized carbons (Fsp3) is 0.435. The molecule has 8 heteroatoms. The third-order valence-electron chi connectivity index (χ3n) is 5.35. The van der Waals surface area contributed by atoms with Crippen molar-refractivity contribution in [1.82, 2.24) is 9.80 Å². The molecule has 31 heavy (non-hydrogen) atoms. The predicted molar refractivity (Wildman–Crippen MR) is 119 cm³/mol. The highest BCUT2D eigenvalue weighted by molar-refractivity contribution is 6.32. The largest absolute Gasteiger partial charge is 0.493 e.